The second-order valence-electron chi connectivity index (χ2n) is 3.88. The molecule has 1 aliphatic heterocycles. The number of aliphatic carboxylic acids is 1. The summed E-state index contributed by atoms with van der Waals surface area (Å²) in [5.41, 5.74) is 0.631. The summed E-state index contributed by atoms with van der Waals surface area (Å²) in [5.74, 6) is -0.150. The summed E-state index contributed by atoms with van der Waals surface area (Å²) in [7, 11) is 0. The smallest absolute Gasteiger partial charge is 0.327 e. The summed E-state index contributed by atoms with van der Waals surface area (Å²) in [5, 5.41) is 11.8. The Morgan fingerprint density at radius 1 is 1.53 bits per heavy atom. The van der Waals surface area contributed by atoms with Gasteiger partial charge in [-0.2, -0.15) is 0 Å². The number of urea groups is 1. The van der Waals surface area contributed by atoms with Gasteiger partial charge >= 0.3 is 12.0 Å². The Bertz CT molecular complexity index is 529. The van der Waals surface area contributed by atoms with Crippen molar-refractivity contribution in [1.29, 1.82) is 0 Å². The number of nitrogens with zero attached hydrogens (tertiary/aromatic N) is 1. The van der Waals surface area contributed by atoms with Gasteiger partial charge in [0.05, 0.1) is 11.6 Å². The van der Waals surface area contributed by atoms with Crippen LogP contribution in [0.25, 0.3) is 0 Å². The number of anilines is 1. The first-order valence-electron chi connectivity index (χ1n) is 5.32. The minimum Gasteiger partial charge on any atom is -0.480 e. The maximum Gasteiger partial charge on any atom is 0.327 e. The third-order valence-corrected chi connectivity index (χ3v) is 4.94. The molecule has 2 rings (SSSR count). The van der Waals surface area contributed by atoms with Gasteiger partial charge in [0.2, 0.25) is 0 Å². The third kappa shape index (κ3) is 3.54. The molecule has 1 aromatic rings. The van der Waals surface area contributed by atoms with E-state index in [-0.39, 0.29) is 6.03 Å². The molecular formula is C11H10BrIN2O3S. The molecule has 102 valence electrons. The van der Waals surface area contributed by atoms with E-state index < -0.39 is 12.0 Å². The van der Waals surface area contributed by atoms with Crippen molar-refractivity contribution in [2.24, 2.45) is 0 Å². The highest BCUT2D eigenvalue weighted by Crippen LogP contribution is 2.26. The van der Waals surface area contributed by atoms with Crippen molar-refractivity contribution < 1.29 is 14.7 Å². The van der Waals surface area contributed by atoms with Crippen molar-refractivity contribution >= 4 is 68.0 Å². The molecule has 1 unspecified atom stereocenters. The predicted molar refractivity (Wildman–Crippen MR) is 86.5 cm³/mol. The Morgan fingerprint density at radius 3 is 2.89 bits per heavy atom. The molecule has 1 aromatic carbocycles. The Labute approximate surface area is 136 Å². The number of hydrogen-bond acceptors (Lipinski definition) is 3. The van der Waals surface area contributed by atoms with Crippen molar-refractivity contribution in [2.75, 3.05) is 16.9 Å². The molecule has 1 aliphatic rings. The lowest BCUT2D eigenvalue weighted by molar-refractivity contribution is -0.140. The van der Waals surface area contributed by atoms with Crippen molar-refractivity contribution in [3.8, 4) is 0 Å². The van der Waals surface area contributed by atoms with E-state index in [4.69, 9.17) is 5.11 Å². The van der Waals surface area contributed by atoms with Crippen molar-refractivity contribution in [3.63, 3.8) is 0 Å². The molecule has 1 atom stereocenters. The molecule has 0 saturated carbocycles. The fourth-order valence-electron chi connectivity index (χ4n) is 1.63. The molecule has 1 saturated heterocycles. The summed E-state index contributed by atoms with van der Waals surface area (Å²) in [4.78, 5) is 24.4. The van der Waals surface area contributed by atoms with E-state index in [1.54, 1.807) is 6.07 Å². The molecule has 0 bridgehead atoms. The van der Waals surface area contributed by atoms with E-state index in [9.17, 15) is 9.59 Å². The van der Waals surface area contributed by atoms with Gasteiger partial charge in [-0.3, -0.25) is 0 Å². The zero-order valence-corrected chi connectivity index (χ0v) is 14.2. The Hall–Kier alpha value is -0.480. The van der Waals surface area contributed by atoms with Gasteiger partial charge in [0, 0.05) is 13.8 Å². The standard InChI is InChI=1S/C11H10BrIN2O3S/c12-7-3-6(13)1-2-8(7)14-11(18)15-5-19-4-9(15)10(16)17/h1-3,9H,4-5H2,(H,14,18)(H,16,17). The molecule has 0 radical (unpaired) electrons. The number of carboxylic acids is 1. The highest BCUT2D eigenvalue weighted by atomic mass is 127. The normalized spacial score (nSPS) is 18.4. The molecule has 0 aliphatic carbocycles. The second kappa shape index (κ2) is 6.31. The van der Waals surface area contributed by atoms with E-state index in [2.05, 4.69) is 43.8 Å². The SMILES string of the molecule is O=C(O)C1CSCN1C(=O)Nc1ccc(I)cc1Br. The van der Waals surface area contributed by atoms with Crippen LogP contribution in [0.5, 0.6) is 0 Å². The summed E-state index contributed by atoms with van der Waals surface area (Å²) < 4.78 is 1.81. The first-order chi connectivity index (χ1) is 8.99. The van der Waals surface area contributed by atoms with Crippen LogP contribution in [0.15, 0.2) is 22.7 Å². The summed E-state index contributed by atoms with van der Waals surface area (Å²) in [6.07, 6.45) is 0. The summed E-state index contributed by atoms with van der Waals surface area (Å²) >= 11 is 6.98. The van der Waals surface area contributed by atoms with Gasteiger partial charge in [0.15, 0.2) is 0 Å². The molecule has 0 aromatic heterocycles. The Kier molecular flexibility index (Phi) is 4.96. The van der Waals surface area contributed by atoms with Crippen LogP contribution in [0.4, 0.5) is 10.5 Å². The van der Waals surface area contributed by atoms with Gasteiger partial charge in [-0.15, -0.1) is 11.8 Å². The van der Waals surface area contributed by atoms with Crippen LogP contribution in [-0.4, -0.2) is 39.7 Å². The number of nitrogens with one attached hydrogen (secondary N) is 1. The number of rotatable bonds is 2. The summed E-state index contributed by atoms with van der Waals surface area (Å²) in [6, 6.07) is 4.38. The van der Waals surface area contributed by atoms with Crippen LogP contribution in [0, 0.1) is 3.57 Å². The molecule has 2 N–H and O–H groups in total. The molecule has 1 fully saturated rings. The number of hydrogen-bond donors (Lipinski definition) is 2. The van der Waals surface area contributed by atoms with Crippen LogP contribution in [0.2, 0.25) is 0 Å². The lowest BCUT2D eigenvalue weighted by atomic mass is 10.3. The topological polar surface area (TPSA) is 69.6 Å². The Morgan fingerprint density at radius 2 is 2.26 bits per heavy atom. The number of carbonyl (C=O) groups excluding carboxylic acids is 1. The van der Waals surface area contributed by atoms with Gasteiger partial charge in [-0.05, 0) is 56.7 Å². The highest BCUT2D eigenvalue weighted by molar-refractivity contribution is 14.1. The van der Waals surface area contributed by atoms with E-state index in [0.29, 0.717) is 17.3 Å². The average Bonchev–Trinajstić information content (AvgIpc) is 2.82. The van der Waals surface area contributed by atoms with Crippen LogP contribution in [0.1, 0.15) is 0 Å². The molecule has 19 heavy (non-hydrogen) atoms. The predicted octanol–water partition coefficient (Wildman–Crippen LogP) is 3.05. The number of carbonyl (C=O) groups is 2. The maximum atomic E-state index is 12.1. The number of benzene rings is 1. The molecule has 8 heteroatoms. The van der Waals surface area contributed by atoms with Crippen LogP contribution in [0.3, 0.4) is 0 Å². The van der Waals surface area contributed by atoms with E-state index in [1.807, 2.05) is 12.1 Å². The minimum absolute atomic E-state index is 0.390. The zero-order valence-electron chi connectivity index (χ0n) is 9.60. The molecular weight excluding hydrogens is 447 g/mol. The molecule has 2 amide bonds. The zero-order chi connectivity index (χ0) is 14.0. The average molecular weight is 457 g/mol. The maximum absolute atomic E-state index is 12.1. The number of amides is 2. The fraction of sp³-hybridized carbons (Fsp3) is 0.273. The van der Waals surface area contributed by atoms with E-state index in [0.717, 1.165) is 8.04 Å². The quantitative estimate of drug-likeness (QED) is 0.671. The van der Waals surface area contributed by atoms with Crippen LogP contribution in [-0.2, 0) is 4.79 Å². The Balaban J connectivity index is 2.10. The summed E-state index contributed by atoms with van der Waals surface area (Å²) in [6.45, 7) is 0. The van der Waals surface area contributed by atoms with Gasteiger partial charge < -0.3 is 15.3 Å². The van der Waals surface area contributed by atoms with Gasteiger partial charge in [0.1, 0.15) is 6.04 Å². The molecule has 0 spiro atoms. The van der Waals surface area contributed by atoms with Gasteiger partial charge in [0.25, 0.3) is 0 Å². The van der Waals surface area contributed by atoms with Crippen LogP contribution < -0.4 is 5.32 Å². The van der Waals surface area contributed by atoms with Crippen molar-refractivity contribution in [3.05, 3.63) is 26.2 Å². The van der Waals surface area contributed by atoms with Crippen molar-refractivity contribution in [1.82, 2.24) is 4.90 Å². The first-order valence-corrected chi connectivity index (χ1v) is 8.35. The first kappa shape index (κ1) is 14.9. The van der Waals surface area contributed by atoms with Gasteiger partial charge in [-0.1, -0.05) is 0 Å². The third-order valence-electron chi connectivity index (χ3n) is 2.60. The van der Waals surface area contributed by atoms with Gasteiger partial charge in [-0.25, -0.2) is 9.59 Å². The fourth-order valence-corrected chi connectivity index (χ4v) is 4.17. The second-order valence-corrected chi connectivity index (χ2v) is 6.98. The molecule has 1 heterocycles. The number of carboxylic acid groups (broad SMARTS) is 1. The van der Waals surface area contributed by atoms with E-state index in [1.165, 1.54) is 16.7 Å². The monoisotopic (exact) mass is 456 g/mol. The van der Waals surface area contributed by atoms with Crippen molar-refractivity contribution in [2.45, 2.75) is 6.04 Å². The lowest BCUT2D eigenvalue weighted by Gasteiger charge is -2.21. The number of halogens is 2. The molecule has 5 nitrogen and oxygen atoms in total. The highest BCUT2D eigenvalue weighted by Gasteiger charge is 2.34. The van der Waals surface area contributed by atoms with Crippen LogP contribution >= 0.6 is 50.3 Å². The lowest BCUT2D eigenvalue weighted by Crippen LogP contribution is -2.44. The van der Waals surface area contributed by atoms with E-state index >= 15 is 0 Å². The largest absolute Gasteiger partial charge is 0.480 e. The number of thioether (sulfide) groups is 1. The minimum atomic E-state index is -0.971.